The first kappa shape index (κ1) is 19.9. The molecule has 154 valence electrons. The zero-order valence-electron chi connectivity index (χ0n) is 16.9. The molecule has 2 atom stereocenters. The molecule has 1 aromatic heterocycles. The van der Waals surface area contributed by atoms with E-state index in [1.807, 2.05) is 4.90 Å². The van der Waals surface area contributed by atoms with Gasteiger partial charge >= 0.3 is 6.18 Å². The highest BCUT2D eigenvalue weighted by atomic mass is 19.4. The molecule has 2 fully saturated rings. The average molecular weight is 402 g/mol. The summed E-state index contributed by atoms with van der Waals surface area (Å²) in [5.74, 6) is -0.192. The van der Waals surface area contributed by atoms with Crippen LogP contribution in [0.25, 0.3) is 11.3 Å². The first-order valence-corrected chi connectivity index (χ1v) is 9.92. The van der Waals surface area contributed by atoms with Gasteiger partial charge in [-0.05, 0) is 48.3 Å². The third kappa shape index (κ3) is 3.77. The third-order valence-corrected chi connectivity index (χ3v) is 6.15. The number of nitrogens with zero attached hydrogens (tertiary/aromatic N) is 2. The molecule has 1 aromatic carbocycles. The van der Waals surface area contributed by atoms with E-state index in [4.69, 9.17) is 0 Å². The lowest BCUT2D eigenvalue weighted by atomic mass is 9.65. The van der Waals surface area contributed by atoms with Crippen molar-refractivity contribution in [1.82, 2.24) is 9.88 Å². The molecule has 2 heterocycles. The summed E-state index contributed by atoms with van der Waals surface area (Å²) in [4.78, 5) is 19.5. The van der Waals surface area contributed by atoms with Gasteiger partial charge < -0.3 is 4.90 Å². The second-order valence-electron chi connectivity index (χ2n) is 9.60. The minimum atomic E-state index is -4.48. The molecule has 0 spiro atoms. The standard InChI is InChI=1S/C23H25F3N2O/c1-21(2)11-15-12-22(3,13-21)14-28(15)20(29)19-10-6-9-18(27-19)16-7-4-5-8-17(16)23(24,25)26/h4-10,15H,11-14H2,1-3H3/t15-,22?/m1/s1. The summed E-state index contributed by atoms with van der Waals surface area (Å²) in [6.45, 7) is 7.36. The molecule has 1 aliphatic carbocycles. The average Bonchev–Trinajstić information content (AvgIpc) is 2.89. The Hall–Kier alpha value is -2.37. The number of hydrogen-bond donors (Lipinski definition) is 0. The Kier molecular flexibility index (Phi) is 4.52. The number of benzene rings is 1. The summed E-state index contributed by atoms with van der Waals surface area (Å²) in [6, 6.07) is 10.2. The van der Waals surface area contributed by atoms with Gasteiger partial charge in [0.25, 0.3) is 5.91 Å². The highest BCUT2D eigenvalue weighted by Crippen LogP contribution is 2.52. The first-order valence-electron chi connectivity index (χ1n) is 9.92. The highest BCUT2D eigenvalue weighted by Gasteiger charge is 2.51. The summed E-state index contributed by atoms with van der Waals surface area (Å²) < 4.78 is 40.2. The minimum Gasteiger partial charge on any atom is -0.334 e. The maximum absolute atomic E-state index is 13.4. The SMILES string of the molecule is CC1(C)C[C@@H]2CC(C)(CN2C(=O)c2cccc(-c3ccccc3C(F)(F)F)n2)C1. The normalized spacial score (nSPS) is 25.9. The van der Waals surface area contributed by atoms with E-state index in [0.717, 1.165) is 25.3 Å². The van der Waals surface area contributed by atoms with Crippen LogP contribution in [0.3, 0.4) is 0 Å². The van der Waals surface area contributed by atoms with E-state index in [1.54, 1.807) is 18.2 Å². The fraction of sp³-hybridized carbons (Fsp3) is 0.478. The van der Waals surface area contributed by atoms with E-state index in [0.29, 0.717) is 6.54 Å². The molecule has 1 amide bonds. The molecule has 1 saturated carbocycles. The summed E-state index contributed by atoms with van der Waals surface area (Å²) in [5.41, 5.74) is -0.131. The van der Waals surface area contributed by atoms with Crippen LogP contribution in [0, 0.1) is 10.8 Å². The van der Waals surface area contributed by atoms with Gasteiger partial charge in [-0.1, -0.05) is 45.0 Å². The van der Waals surface area contributed by atoms with Gasteiger partial charge in [-0.2, -0.15) is 13.2 Å². The van der Waals surface area contributed by atoms with Gasteiger partial charge in [0.15, 0.2) is 0 Å². The Labute approximate surface area is 168 Å². The molecular weight excluding hydrogens is 377 g/mol. The Morgan fingerprint density at radius 2 is 1.79 bits per heavy atom. The van der Waals surface area contributed by atoms with Crippen LogP contribution in [0.15, 0.2) is 42.5 Å². The number of hydrogen-bond acceptors (Lipinski definition) is 2. The summed E-state index contributed by atoms with van der Waals surface area (Å²) >= 11 is 0. The number of pyridine rings is 1. The van der Waals surface area contributed by atoms with Gasteiger partial charge in [0.2, 0.25) is 0 Å². The van der Waals surface area contributed by atoms with Gasteiger partial charge in [-0.3, -0.25) is 4.79 Å². The number of halogens is 3. The number of amides is 1. The Morgan fingerprint density at radius 3 is 2.52 bits per heavy atom. The molecule has 29 heavy (non-hydrogen) atoms. The highest BCUT2D eigenvalue weighted by molar-refractivity contribution is 5.93. The van der Waals surface area contributed by atoms with Crippen molar-refractivity contribution in [1.29, 1.82) is 0 Å². The van der Waals surface area contributed by atoms with Crippen molar-refractivity contribution in [2.24, 2.45) is 10.8 Å². The largest absolute Gasteiger partial charge is 0.417 e. The molecule has 2 aromatic rings. The number of alkyl halides is 3. The molecule has 1 saturated heterocycles. The monoisotopic (exact) mass is 402 g/mol. The number of rotatable bonds is 2. The number of fused-ring (bicyclic) bond motifs is 2. The van der Waals surface area contributed by atoms with Crippen LogP contribution in [-0.2, 0) is 6.18 Å². The molecule has 6 heteroatoms. The predicted octanol–water partition coefficient (Wildman–Crippen LogP) is 5.81. The van der Waals surface area contributed by atoms with E-state index < -0.39 is 11.7 Å². The molecule has 2 bridgehead atoms. The lowest BCUT2D eigenvalue weighted by Gasteiger charge is -2.39. The van der Waals surface area contributed by atoms with Crippen molar-refractivity contribution in [3.63, 3.8) is 0 Å². The maximum Gasteiger partial charge on any atom is 0.417 e. The van der Waals surface area contributed by atoms with Gasteiger partial charge in [0.1, 0.15) is 5.69 Å². The second kappa shape index (κ2) is 6.57. The number of aromatic nitrogens is 1. The van der Waals surface area contributed by atoms with Gasteiger partial charge in [0, 0.05) is 18.2 Å². The molecule has 0 N–H and O–H groups in total. The van der Waals surface area contributed by atoms with Gasteiger partial charge in [-0.15, -0.1) is 0 Å². The zero-order chi connectivity index (χ0) is 21.0. The maximum atomic E-state index is 13.4. The topological polar surface area (TPSA) is 33.2 Å². The summed E-state index contributed by atoms with van der Waals surface area (Å²) in [7, 11) is 0. The fourth-order valence-corrected chi connectivity index (χ4v) is 5.50. The van der Waals surface area contributed by atoms with Crippen LogP contribution in [0.5, 0.6) is 0 Å². The molecule has 4 rings (SSSR count). The van der Waals surface area contributed by atoms with Gasteiger partial charge in [0.05, 0.1) is 11.3 Å². The second-order valence-corrected chi connectivity index (χ2v) is 9.60. The number of likely N-dealkylation sites (tertiary alicyclic amines) is 1. The van der Waals surface area contributed by atoms with E-state index in [1.165, 1.54) is 18.2 Å². The molecular formula is C23H25F3N2O. The van der Waals surface area contributed by atoms with Crippen molar-refractivity contribution < 1.29 is 18.0 Å². The molecule has 1 aliphatic heterocycles. The van der Waals surface area contributed by atoms with E-state index in [-0.39, 0.29) is 39.7 Å². The van der Waals surface area contributed by atoms with Crippen molar-refractivity contribution >= 4 is 5.91 Å². The third-order valence-electron chi connectivity index (χ3n) is 6.15. The van der Waals surface area contributed by atoms with E-state index in [9.17, 15) is 18.0 Å². The summed E-state index contributed by atoms with van der Waals surface area (Å²) in [6.07, 6.45) is -1.51. The quantitative estimate of drug-likeness (QED) is 0.635. The van der Waals surface area contributed by atoms with E-state index >= 15 is 0 Å². The predicted molar refractivity (Wildman–Crippen MR) is 105 cm³/mol. The number of carbonyl (C=O) groups is 1. The van der Waals surface area contributed by atoms with Crippen LogP contribution < -0.4 is 0 Å². The van der Waals surface area contributed by atoms with Crippen molar-refractivity contribution in [3.05, 3.63) is 53.7 Å². The summed E-state index contributed by atoms with van der Waals surface area (Å²) in [5, 5.41) is 0. The van der Waals surface area contributed by atoms with Crippen molar-refractivity contribution in [2.45, 2.75) is 52.3 Å². The lowest BCUT2D eigenvalue weighted by Crippen LogP contribution is -2.38. The minimum absolute atomic E-state index is 0.0112. The van der Waals surface area contributed by atoms with Gasteiger partial charge in [-0.25, -0.2) is 4.98 Å². The molecule has 3 nitrogen and oxygen atoms in total. The van der Waals surface area contributed by atoms with Crippen LogP contribution in [-0.4, -0.2) is 28.4 Å². The number of carbonyl (C=O) groups excluding carboxylic acids is 1. The van der Waals surface area contributed by atoms with E-state index in [2.05, 4.69) is 25.8 Å². The van der Waals surface area contributed by atoms with Crippen LogP contribution in [0.1, 0.15) is 56.1 Å². The molecule has 1 unspecified atom stereocenters. The molecule has 2 aliphatic rings. The lowest BCUT2D eigenvalue weighted by molar-refractivity contribution is -0.137. The smallest absolute Gasteiger partial charge is 0.334 e. The van der Waals surface area contributed by atoms with Crippen LogP contribution in [0.2, 0.25) is 0 Å². The zero-order valence-corrected chi connectivity index (χ0v) is 16.9. The fourth-order valence-electron chi connectivity index (χ4n) is 5.50. The first-order chi connectivity index (χ1) is 13.5. The van der Waals surface area contributed by atoms with Crippen LogP contribution in [0.4, 0.5) is 13.2 Å². The molecule has 0 radical (unpaired) electrons. The Morgan fingerprint density at radius 1 is 1.07 bits per heavy atom. The Bertz CT molecular complexity index is 953. The van der Waals surface area contributed by atoms with Crippen molar-refractivity contribution in [2.75, 3.05) is 6.54 Å². The Balaban J connectivity index is 1.67. The van der Waals surface area contributed by atoms with Crippen molar-refractivity contribution in [3.8, 4) is 11.3 Å². The van der Waals surface area contributed by atoms with Crippen LogP contribution >= 0.6 is 0 Å².